The summed E-state index contributed by atoms with van der Waals surface area (Å²) in [5.74, 6) is -0.207. The van der Waals surface area contributed by atoms with Crippen molar-refractivity contribution in [3.05, 3.63) is 24.0 Å². The lowest BCUT2D eigenvalue weighted by Crippen LogP contribution is -2.36. The van der Waals surface area contributed by atoms with Gasteiger partial charge >= 0.3 is 6.09 Å². The lowest BCUT2D eigenvalue weighted by molar-refractivity contribution is 0.0276. The van der Waals surface area contributed by atoms with Crippen molar-refractivity contribution in [1.82, 2.24) is 4.90 Å². The molecule has 1 unspecified atom stereocenters. The number of rotatable bonds is 3. The highest BCUT2D eigenvalue weighted by Crippen LogP contribution is 2.30. The number of nitrogens with two attached hydrogens (primary N) is 1. The van der Waals surface area contributed by atoms with Gasteiger partial charge in [-0.1, -0.05) is 6.07 Å². The average molecular weight is 355 g/mol. The molecule has 0 bridgehead atoms. The zero-order valence-electron chi connectivity index (χ0n) is 14.0. The maximum atomic E-state index is 13.9. The SMILES string of the molecule is CC(C)(C)OC(=O)N1CCC(Oc2cccc(F)c2NC(N)=S)C1. The maximum Gasteiger partial charge on any atom is 0.410 e. The first-order valence-electron chi connectivity index (χ1n) is 7.65. The van der Waals surface area contributed by atoms with E-state index in [1.165, 1.54) is 12.1 Å². The Hall–Kier alpha value is -2.09. The summed E-state index contributed by atoms with van der Waals surface area (Å²) in [7, 11) is 0. The molecule has 1 amide bonds. The summed E-state index contributed by atoms with van der Waals surface area (Å²) < 4.78 is 25.1. The molecule has 24 heavy (non-hydrogen) atoms. The van der Waals surface area contributed by atoms with Gasteiger partial charge < -0.3 is 25.4 Å². The van der Waals surface area contributed by atoms with Gasteiger partial charge in [-0.2, -0.15) is 0 Å². The Kier molecular flexibility index (Phi) is 5.48. The first kappa shape index (κ1) is 18.3. The highest BCUT2D eigenvalue weighted by molar-refractivity contribution is 7.80. The lowest BCUT2D eigenvalue weighted by Gasteiger charge is -2.24. The number of thiocarbonyl (C=S) groups is 1. The molecule has 1 aliphatic heterocycles. The number of carbonyl (C=O) groups excluding carboxylic acids is 1. The largest absolute Gasteiger partial charge is 0.486 e. The minimum atomic E-state index is -0.549. The van der Waals surface area contributed by atoms with Crippen molar-refractivity contribution in [2.75, 3.05) is 18.4 Å². The zero-order valence-corrected chi connectivity index (χ0v) is 14.8. The molecule has 1 fully saturated rings. The van der Waals surface area contributed by atoms with Crippen LogP contribution >= 0.6 is 12.2 Å². The van der Waals surface area contributed by atoms with E-state index in [0.717, 1.165) is 0 Å². The fraction of sp³-hybridized carbons (Fsp3) is 0.500. The maximum absolute atomic E-state index is 13.9. The number of ether oxygens (including phenoxy) is 2. The normalized spacial score (nSPS) is 17.5. The van der Waals surface area contributed by atoms with E-state index in [2.05, 4.69) is 5.32 Å². The number of nitrogens with one attached hydrogen (secondary N) is 1. The topological polar surface area (TPSA) is 76.8 Å². The van der Waals surface area contributed by atoms with Gasteiger partial charge in [-0.3, -0.25) is 0 Å². The fourth-order valence-corrected chi connectivity index (χ4v) is 2.45. The van der Waals surface area contributed by atoms with Gasteiger partial charge in [0.2, 0.25) is 0 Å². The summed E-state index contributed by atoms with van der Waals surface area (Å²) in [4.78, 5) is 13.6. The zero-order chi connectivity index (χ0) is 17.9. The molecule has 132 valence electrons. The minimum absolute atomic E-state index is 0.0493. The van der Waals surface area contributed by atoms with Crippen LogP contribution in [0.4, 0.5) is 14.9 Å². The quantitative estimate of drug-likeness (QED) is 0.812. The Morgan fingerprint density at radius 1 is 1.46 bits per heavy atom. The van der Waals surface area contributed by atoms with Crippen LogP contribution in [-0.4, -0.2) is 40.9 Å². The van der Waals surface area contributed by atoms with Crippen molar-refractivity contribution >= 4 is 29.1 Å². The Morgan fingerprint density at radius 2 is 2.17 bits per heavy atom. The summed E-state index contributed by atoms with van der Waals surface area (Å²) in [6.07, 6.45) is -0.0111. The third-order valence-electron chi connectivity index (χ3n) is 3.31. The summed E-state index contributed by atoms with van der Waals surface area (Å²) in [6.45, 7) is 6.34. The molecule has 1 aliphatic rings. The number of nitrogens with zero attached hydrogens (tertiary/aromatic N) is 1. The first-order chi connectivity index (χ1) is 11.2. The summed E-state index contributed by atoms with van der Waals surface area (Å²) in [5, 5.41) is 2.54. The van der Waals surface area contributed by atoms with E-state index in [1.54, 1.807) is 11.0 Å². The van der Waals surface area contributed by atoms with E-state index in [-0.39, 0.29) is 23.0 Å². The van der Waals surface area contributed by atoms with Crippen LogP contribution in [0.25, 0.3) is 0 Å². The number of para-hydroxylation sites is 1. The van der Waals surface area contributed by atoms with Gasteiger partial charge in [0.1, 0.15) is 23.1 Å². The monoisotopic (exact) mass is 355 g/mol. The molecule has 6 nitrogen and oxygen atoms in total. The highest BCUT2D eigenvalue weighted by atomic mass is 32.1. The van der Waals surface area contributed by atoms with Crippen LogP contribution in [0.15, 0.2) is 18.2 Å². The van der Waals surface area contributed by atoms with Crippen LogP contribution in [0.3, 0.4) is 0 Å². The molecule has 3 N–H and O–H groups in total. The number of hydrogen-bond donors (Lipinski definition) is 2. The van der Waals surface area contributed by atoms with Crippen LogP contribution in [0, 0.1) is 5.82 Å². The molecule has 2 rings (SSSR count). The second-order valence-electron chi connectivity index (χ2n) is 6.56. The van der Waals surface area contributed by atoms with E-state index >= 15 is 0 Å². The first-order valence-corrected chi connectivity index (χ1v) is 8.06. The smallest absolute Gasteiger partial charge is 0.410 e. The molecule has 1 aromatic rings. The fourth-order valence-electron chi connectivity index (χ4n) is 2.34. The van der Waals surface area contributed by atoms with Crippen molar-refractivity contribution in [3.63, 3.8) is 0 Å². The second kappa shape index (κ2) is 7.21. The number of carbonyl (C=O) groups is 1. The van der Waals surface area contributed by atoms with Gasteiger partial charge in [0, 0.05) is 13.0 Å². The second-order valence-corrected chi connectivity index (χ2v) is 7.00. The molecule has 1 saturated heterocycles. The number of benzene rings is 1. The molecular weight excluding hydrogens is 333 g/mol. The van der Waals surface area contributed by atoms with Crippen LogP contribution in [0.2, 0.25) is 0 Å². The van der Waals surface area contributed by atoms with E-state index in [4.69, 9.17) is 27.4 Å². The van der Waals surface area contributed by atoms with Crippen molar-refractivity contribution in [2.45, 2.75) is 38.9 Å². The van der Waals surface area contributed by atoms with Gasteiger partial charge in [0.05, 0.1) is 6.54 Å². The average Bonchev–Trinajstić information content (AvgIpc) is 2.89. The molecule has 1 heterocycles. The Morgan fingerprint density at radius 3 is 2.79 bits per heavy atom. The predicted molar refractivity (Wildman–Crippen MR) is 93.6 cm³/mol. The number of likely N-dealkylation sites (tertiary alicyclic amines) is 1. The standard InChI is InChI=1S/C16H22FN3O3S/c1-16(2,3)23-15(21)20-8-7-10(9-20)22-12-6-4-5-11(17)13(12)19-14(18)24/h4-6,10H,7-9H2,1-3H3,(H3,18,19,24). The molecule has 0 spiro atoms. The minimum Gasteiger partial charge on any atom is -0.486 e. The molecule has 1 atom stereocenters. The molecule has 1 aromatic carbocycles. The molecular formula is C16H22FN3O3S. The molecule has 0 radical (unpaired) electrons. The van der Waals surface area contributed by atoms with E-state index < -0.39 is 11.4 Å². The van der Waals surface area contributed by atoms with Crippen molar-refractivity contribution in [3.8, 4) is 5.75 Å². The molecule has 0 aliphatic carbocycles. The number of anilines is 1. The Balaban J connectivity index is 2.02. The van der Waals surface area contributed by atoms with Crippen LogP contribution in [0.1, 0.15) is 27.2 Å². The number of amides is 1. The number of halogens is 1. The Bertz CT molecular complexity index is 633. The summed E-state index contributed by atoms with van der Waals surface area (Å²) in [6, 6.07) is 4.45. The van der Waals surface area contributed by atoms with E-state index in [9.17, 15) is 9.18 Å². The molecule has 0 saturated carbocycles. The van der Waals surface area contributed by atoms with E-state index in [0.29, 0.717) is 25.3 Å². The van der Waals surface area contributed by atoms with Crippen molar-refractivity contribution in [1.29, 1.82) is 0 Å². The highest BCUT2D eigenvalue weighted by Gasteiger charge is 2.31. The summed E-state index contributed by atoms with van der Waals surface area (Å²) >= 11 is 4.76. The van der Waals surface area contributed by atoms with Crippen molar-refractivity contribution < 1.29 is 18.7 Å². The van der Waals surface area contributed by atoms with Crippen LogP contribution < -0.4 is 15.8 Å². The Labute approximate surface area is 146 Å². The van der Waals surface area contributed by atoms with Gasteiger partial charge in [-0.15, -0.1) is 0 Å². The predicted octanol–water partition coefficient (Wildman–Crippen LogP) is 2.87. The third-order valence-corrected chi connectivity index (χ3v) is 3.42. The van der Waals surface area contributed by atoms with Gasteiger partial charge in [-0.25, -0.2) is 9.18 Å². The molecule has 0 aromatic heterocycles. The van der Waals surface area contributed by atoms with Crippen LogP contribution in [-0.2, 0) is 4.74 Å². The van der Waals surface area contributed by atoms with Crippen LogP contribution in [0.5, 0.6) is 5.75 Å². The lowest BCUT2D eigenvalue weighted by atomic mass is 10.2. The summed E-state index contributed by atoms with van der Waals surface area (Å²) in [5.41, 5.74) is 4.97. The third kappa shape index (κ3) is 4.95. The van der Waals surface area contributed by atoms with Crippen molar-refractivity contribution in [2.24, 2.45) is 5.73 Å². The van der Waals surface area contributed by atoms with Gasteiger partial charge in [0.25, 0.3) is 0 Å². The van der Waals surface area contributed by atoms with Gasteiger partial charge in [0.15, 0.2) is 10.9 Å². The molecule has 8 heteroatoms. The van der Waals surface area contributed by atoms with E-state index in [1.807, 2.05) is 20.8 Å². The number of hydrogen-bond acceptors (Lipinski definition) is 4. The van der Waals surface area contributed by atoms with Gasteiger partial charge in [-0.05, 0) is 45.1 Å².